The molecule has 17 heavy (non-hydrogen) atoms. The van der Waals surface area contributed by atoms with Crippen molar-refractivity contribution < 1.29 is 14.3 Å². The monoisotopic (exact) mass is 261 g/mol. The van der Waals surface area contributed by atoms with Crippen LogP contribution in [0.3, 0.4) is 0 Å². The number of ether oxygens (including phenoxy) is 1. The lowest BCUT2D eigenvalue weighted by Gasteiger charge is -2.14. The van der Waals surface area contributed by atoms with Crippen LogP contribution in [0.2, 0.25) is 0 Å². The molecule has 1 heterocycles. The van der Waals surface area contributed by atoms with Crippen molar-refractivity contribution in [2.45, 2.75) is 0 Å². The third-order valence-corrected chi connectivity index (χ3v) is 3.21. The summed E-state index contributed by atoms with van der Waals surface area (Å²) >= 11 is 1.54. The van der Waals surface area contributed by atoms with Gasteiger partial charge >= 0.3 is 0 Å². The molecule has 1 aliphatic heterocycles. The number of thioether (sulfide) groups is 1. The molecule has 1 rings (SSSR count). The fourth-order valence-electron chi connectivity index (χ4n) is 1.36. The van der Waals surface area contributed by atoms with E-state index in [0.29, 0.717) is 31.3 Å². The minimum atomic E-state index is -0.102. The highest BCUT2D eigenvalue weighted by Crippen LogP contribution is 2.13. The third-order valence-electron chi connectivity index (χ3n) is 2.27. The minimum absolute atomic E-state index is 0.0448. The maximum absolute atomic E-state index is 11.5. The van der Waals surface area contributed by atoms with Gasteiger partial charge in [-0.25, -0.2) is 0 Å². The van der Waals surface area contributed by atoms with Gasteiger partial charge in [0.2, 0.25) is 11.8 Å². The Labute approximate surface area is 105 Å². The maximum Gasteiger partial charge on any atom is 0.239 e. The summed E-state index contributed by atoms with van der Waals surface area (Å²) in [4.78, 5) is 24.3. The van der Waals surface area contributed by atoms with Gasteiger partial charge in [-0.05, 0) is 0 Å². The molecule has 0 atom stereocenters. The van der Waals surface area contributed by atoms with E-state index in [9.17, 15) is 9.59 Å². The molecule has 0 bridgehead atoms. The summed E-state index contributed by atoms with van der Waals surface area (Å²) in [7, 11) is 1.65. The van der Waals surface area contributed by atoms with Crippen molar-refractivity contribution in [2.75, 3.05) is 51.5 Å². The lowest BCUT2D eigenvalue weighted by atomic mass is 10.4. The van der Waals surface area contributed by atoms with Crippen molar-refractivity contribution in [1.82, 2.24) is 15.5 Å². The first-order chi connectivity index (χ1) is 8.24. The average Bonchev–Trinajstić information content (AvgIpc) is 2.69. The SMILES string of the molecule is COCCNCCNC(=O)CN1CSCC1=O. The van der Waals surface area contributed by atoms with Crippen LogP contribution >= 0.6 is 11.8 Å². The first kappa shape index (κ1) is 14.3. The van der Waals surface area contributed by atoms with Crippen LogP contribution in [-0.4, -0.2) is 68.2 Å². The van der Waals surface area contributed by atoms with Crippen LogP contribution in [-0.2, 0) is 14.3 Å². The summed E-state index contributed by atoms with van der Waals surface area (Å²) < 4.78 is 4.87. The topological polar surface area (TPSA) is 70.7 Å². The molecule has 0 aromatic rings. The standard InChI is InChI=1S/C10H19N3O3S/c1-16-5-4-11-2-3-12-9(14)6-13-8-17-7-10(13)15/h11H,2-8H2,1H3,(H,12,14). The molecule has 6 nitrogen and oxygen atoms in total. The molecule has 7 heteroatoms. The van der Waals surface area contributed by atoms with Gasteiger partial charge in [0.25, 0.3) is 0 Å². The lowest BCUT2D eigenvalue weighted by Crippen LogP contribution is -2.40. The van der Waals surface area contributed by atoms with Gasteiger partial charge in [-0.15, -0.1) is 11.8 Å². The van der Waals surface area contributed by atoms with Gasteiger partial charge in [-0.2, -0.15) is 0 Å². The van der Waals surface area contributed by atoms with Crippen molar-refractivity contribution in [3.05, 3.63) is 0 Å². The van der Waals surface area contributed by atoms with E-state index in [2.05, 4.69) is 10.6 Å². The molecule has 0 saturated carbocycles. The summed E-state index contributed by atoms with van der Waals surface area (Å²) in [5, 5.41) is 5.88. The molecule has 1 fully saturated rings. The summed E-state index contributed by atoms with van der Waals surface area (Å²) in [6, 6.07) is 0. The van der Waals surface area contributed by atoms with Gasteiger partial charge in [-0.3, -0.25) is 9.59 Å². The second-order valence-electron chi connectivity index (χ2n) is 3.66. The number of carbonyl (C=O) groups is 2. The number of methoxy groups -OCH3 is 1. The molecular weight excluding hydrogens is 242 g/mol. The van der Waals surface area contributed by atoms with Crippen LogP contribution in [0.5, 0.6) is 0 Å². The van der Waals surface area contributed by atoms with Crippen molar-refractivity contribution in [1.29, 1.82) is 0 Å². The molecule has 0 aromatic heterocycles. The number of carbonyl (C=O) groups excluding carboxylic acids is 2. The predicted octanol–water partition coefficient (Wildman–Crippen LogP) is -1.13. The van der Waals surface area contributed by atoms with E-state index in [0.717, 1.165) is 6.54 Å². The van der Waals surface area contributed by atoms with E-state index >= 15 is 0 Å². The Morgan fingerprint density at radius 2 is 2.29 bits per heavy atom. The molecule has 0 unspecified atom stereocenters. The van der Waals surface area contributed by atoms with Crippen LogP contribution in [0.4, 0.5) is 0 Å². The van der Waals surface area contributed by atoms with Gasteiger partial charge in [0.15, 0.2) is 0 Å². The van der Waals surface area contributed by atoms with Crippen molar-refractivity contribution in [3.8, 4) is 0 Å². The molecule has 98 valence electrons. The minimum Gasteiger partial charge on any atom is -0.383 e. The van der Waals surface area contributed by atoms with E-state index in [1.54, 1.807) is 12.0 Å². The van der Waals surface area contributed by atoms with Gasteiger partial charge in [0.05, 0.1) is 18.2 Å². The van der Waals surface area contributed by atoms with E-state index < -0.39 is 0 Å². The molecule has 2 amide bonds. The van der Waals surface area contributed by atoms with Crippen molar-refractivity contribution in [3.63, 3.8) is 0 Å². The molecular formula is C10H19N3O3S. The van der Waals surface area contributed by atoms with Crippen LogP contribution in [0, 0.1) is 0 Å². The molecule has 0 radical (unpaired) electrons. The Morgan fingerprint density at radius 1 is 1.47 bits per heavy atom. The zero-order valence-electron chi connectivity index (χ0n) is 10.0. The Kier molecular flexibility index (Phi) is 6.99. The smallest absolute Gasteiger partial charge is 0.239 e. The predicted molar refractivity (Wildman–Crippen MR) is 66.8 cm³/mol. The number of nitrogens with one attached hydrogen (secondary N) is 2. The van der Waals surface area contributed by atoms with Crippen LogP contribution in [0.15, 0.2) is 0 Å². The molecule has 1 aliphatic rings. The highest BCUT2D eigenvalue weighted by atomic mass is 32.2. The van der Waals surface area contributed by atoms with Gasteiger partial charge in [0.1, 0.15) is 6.54 Å². The van der Waals surface area contributed by atoms with E-state index in [-0.39, 0.29) is 18.4 Å². The second kappa shape index (κ2) is 8.32. The highest BCUT2D eigenvalue weighted by Gasteiger charge is 2.22. The fraction of sp³-hybridized carbons (Fsp3) is 0.800. The number of hydrogen-bond acceptors (Lipinski definition) is 5. The van der Waals surface area contributed by atoms with Gasteiger partial charge in [-0.1, -0.05) is 0 Å². The van der Waals surface area contributed by atoms with Crippen LogP contribution < -0.4 is 10.6 Å². The summed E-state index contributed by atoms with van der Waals surface area (Å²) in [5.74, 6) is 1.06. The Balaban J connectivity index is 1.99. The van der Waals surface area contributed by atoms with Gasteiger partial charge < -0.3 is 20.3 Å². The van der Waals surface area contributed by atoms with E-state index in [1.807, 2.05) is 0 Å². The van der Waals surface area contributed by atoms with Crippen molar-refractivity contribution >= 4 is 23.6 Å². The summed E-state index contributed by atoms with van der Waals surface area (Å²) in [5.41, 5.74) is 0. The Bertz CT molecular complexity index is 263. The second-order valence-corrected chi connectivity index (χ2v) is 4.62. The zero-order valence-corrected chi connectivity index (χ0v) is 10.8. The first-order valence-corrected chi connectivity index (χ1v) is 6.71. The van der Waals surface area contributed by atoms with Gasteiger partial charge in [0, 0.05) is 26.7 Å². The average molecular weight is 261 g/mol. The maximum atomic E-state index is 11.5. The number of amides is 2. The first-order valence-electron chi connectivity index (χ1n) is 5.56. The molecule has 0 spiro atoms. The molecule has 0 aromatic carbocycles. The largest absolute Gasteiger partial charge is 0.383 e. The fourth-order valence-corrected chi connectivity index (χ4v) is 2.26. The number of hydrogen-bond donors (Lipinski definition) is 2. The van der Waals surface area contributed by atoms with Crippen molar-refractivity contribution in [2.24, 2.45) is 0 Å². The van der Waals surface area contributed by atoms with E-state index in [1.165, 1.54) is 11.8 Å². The third kappa shape index (κ3) is 5.90. The van der Waals surface area contributed by atoms with E-state index in [4.69, 9.17) is 4.74 Å². The number of rotatable bonds is 8. The lowest BCUT2D eigenvalue weighted by molar-refractivity contribution is -0.132. The summed E-state index contributed by atoms with van der Waals surface area (Å²) in [6.45, 7) is 2.88. The quantitative estimate of drug-likeness (QED) is 0.541. The molecule has 0 aliphatic carbocycles. The molecule has 2 N–H and O–H groups in total. The highest BCUT2D eigenvalue weighted by molar-refractivity contribution is 8.00. The summed E-state index contributed by atoms with van der Waals surface area (Å²) in [6.07, 6.45) is 0. The van der Waals surface area contributed by atoms with Crippen LogP contribution in [0.25, 0.3) is 0 Å². The van der Waals surface area contributed by atoms with Crippen LogP contribution in [0.1, 0.15) is 0 Å². The normalized spacial score (nSPS) is 15.4. The Morgan fingerprint density at radius 3 is 2.94 bits per heavy atom. The Hall–Kier alpha value is -0.790. The molecule has 1 saturated heterocycles. The number of nitrogens with zero attached hydrogens (tertiary/aromatic N) is 1. The zero-order chi connectivity index (χ0) is 12.5.